The summed E-state index contributed by atoms with van der Waals surface area (Å²) in [7, 11) is 0. The Labute approximate surface area is 117 Å². The average molecular weight is 273 g/mol. The van der Waals surface area contributed by atoms with Crippen molar-refractivity contribution in [2.24, 2.45) is 0 Å². The molecule has 2 heterocycles. The monoisotopic (exact) mass is 273 g/mol. The zero-order valence-electron chi connectivity index (χ0n) is 11.6. The van der Waals surface area contributed by atoms with Gasteiger partial charge in [-0.15, -0.1) is 0 Å². The van der Waals surface area contributed by atoms with Crippen LogP contribution in [0.25, 0.3) is 10.9 Å². The standard InChI is InChI=1S/C15H19N3O2/c1-2-17-5-7-18(8-6-17)12-3-4-13-11(9-12)10-14(16-13)15(19)20/h3-4,9-10,16H,2,5-8H2,1H3,(H,19,20). The van der Waals surface area contributed by atoms with Gasteiger partial charge in [0.2, 0.25) is 0 Å². The number of piperazine rings is 1. The lowest BCUT2D eigenvalue weighted by Gasteiger charge is -2.35. The second kappa shape index (κ2) is 5.17. The Kier molecular flexibility index (Phi) is 3.36. The van der Waals surface area contributed by atoms with E-state index in [1.54, 1.807) is 6.07 Å². The molecule has 106 valence electrons. The summed E-state index contributed by atoms with van der Waals surface area (Å²) in [4.78, 5) is 18.7. The van der Waals surface area contributed by atoms with Gasteiger partial charge in [0.15, 0.2) is 0 Å². The number of benzene rings is 1. The fraction of sp³-hybridized carbons (Fsp3) is 0.400. The van der Waals surface area contributed by atoms with Gasteiger partial charge < -0.3 is 19.9 Å². The van der Waals surface area contributed by atoms with E-state index in [4.69, 9.17) is 5.11 Å². The number of carbonyl (C=O) groups is 1. The molecule has 0 bridgehead atoms. The van der Waals surface area contributed by atoms with Crippen molar-refractivity contribution in [3.63, 3.8) is 0 Å². The Bertz CT molecular complexity index is 627. The number of H-pyrrole nitrogens is 1. The molecule has 0 saturated carbocycles. The van der Waals surface area contributed by atoms with Crippen molar-refractivity contribution >= 4 is 22.6 Å². The molecule has 5 nitrogen and oxygen atoms in total. The Balaban J connectivity index is 1.84. The number of aromatic carboxylic acids is 1. The van der Waals surface area contributed by atoms with Crippen molar-refractivity contribution in [3.05, 3.63) is 30.0 Å². The minimum Gasteiger partial charge on any atom is -0.477 e. The van der Waals surface area contributed by atoms with Crippen molar-refractivity contribution < 1.29 is 9.90 Å². The maximum absolute atomic E-state index is 11.0. The number of fused-ring (bicyclic) bond motifs is 1. The van der Waals surface area contributed by atoms with Gasteiger partial charge in [-0.2, -0.15) is 0 Å². The molecule has 2 N–H and O–H groups in total. The van der Waals surface area contributed by atoms with Gasteiger partial charge in [0, 0.05) is 42.8 Å². The summed E-state index contributed by atoms with van der Waals surface area (Å²) in [6.45, 7) is 7.51. The highest BCUT2D eigenvalue weighted by Crippen LogP contribution is 2.24. The second-order valence-corrected chi connectivity index (χ2v) is 5.18. The van der Waals surface area contributed by atoms with Crippen LogP contribution in [-0.4, -0.2) is 53.7 Å². The van der Waals surface area contributed by atoms with Crippen LogP contribution in [0.3, 0.4) is 0 Å². The lowest BCUT2D eigenvalue weighted by molar-refractivity contribution is 0.0691. The van der Waals surface area contributed by atoms with Gasteiger partial charge in [0.25, 0.3) is 0 Å². The predicted octanol–water partition coefficient (Wildman–Crippen LogP) is 2.01. The first kappa shape index (κ1) is 13.0. The number of hydrogen-bond acceptors (Lipinski definition) is 3. The number of anilines is 1. The first-order chi connectivity index (χ1) is 9.67. The highest BCUT2D eigenvalue weighted by atomic mass is 16.4. The van der Waals surface area contributed by atoms with Gasteiger partial charge in [-0.05, 0) is 30.8 Å². The molecule has 3 rings (SSSR count). The van der Waals surface area contributed by atoms with E-state index in [0.717, 1.165) is 43.6 Å². The van der Waals surface area contributed by atoms with Crippen LogP contribution < -0.4 is 4.90 Å². The third-order valence-corrected chi connectivity index (χ3v) is 4.02. The number of nitrogens with one attached hydrogen (secondary N) is 1. The third-order valence-electron chi connectivity index (χ3n) is 4.02. The second-order valence-electron chi connectivity index (χ2n) is 5.18. The molecule has 1 aromatic heterocycles. The Morgan fingerprint density at radius 3 is 2.65 bits per heavy atom. The van der Waals surface area contributed by atoms with Gasteiger partial charge in [0.05, 0.1) is 0 Å². The topological polar surface area (TPSA) is 59.6 Å². The fourth-order valence-corrected chi connectivity index (χ4v) is 2.75. The molecule has 0 radical (unpaired) electrons. The van der Waals surface area contributed by atoms with Crippen LogP contribution in [0, 0.1) is 0 Å². The molecule has 0 atom stereocenters. The number of likely N-dealkylation sites (N-methyl/N-ethyl adjacent to an activating group) is 1. The zero-order chi connectivity index (χ0) is 14.1. The van der Waals surface area contributed by atoms with Crippen molar-refractivity contribution in [1.29, 1.82) is 0 Å². The van der Waals surface area contributed by atoms with Gasteiger partial charge in [-0.1, -0.05) is 6.92 Å². The molecule has 1 aromatic carbocycles. The Morgan fingerprint density at radius 1 is 1.25 bits per heavy atom. The van der Waals surface area contributed by atoms with E-state index in [9.17, 15) is 4.79 Å². The van der Waals surface area contributed by atoms with Crippen LogP contribution in [-0.2, 0) is 0 Å². The number of aromatic amines is 1. The predicted molar refractivity (Wildman–Crippen MR) is 79.6 cm³/mol. The van der Waals surface area contributed by atoms with Crippen LogP contribution >= 0.6 is 0 Å². The van der Waals surface area contributed by atoms with E-state index < -0.39 is 5.97 Å². The van der Waals surface area contributed by atoms with Gasteiger partial charge in [-0.3, -0.25) is 0 Å². The maximum atomic E-state index is 11.0. The van der Waals surface area contributed by atoms with Crippen molar-refractivity contribution in [3.8, 4) is 0 Å². The average Bonchev–Trinajstić information content (AvgIpc) is 2.90. The summed E-state index contributed by atoms with van der Waals surface area (Å²) < 4.78 is 0. The first-order valence-electron chi connectivity index (χ1n) is 7.00. The van der Waals surface area contributed by atoms with Gasteiger partial charge in [-0.25, -0.2) is 4.79 Å². The highest BCUT2D eigenvalue weighted by Gasteiger charge is 2.16. The zero-order valence-corrected chi connectivity index (χ0v) is 11.6. The summed E-state index contributed by atoms with van der Waals surface area (Å²) in [5, 5.41) is 9.97. The van der Waals surface area contributed by atoms with Gasteiger partial charge >= 0.3 is 5.97 Å². The summed E-state index contributed by atoms with van der Waals surface area (Å²) >= 11 is 0. The molecule has 1 aliphatic rings. The number of carboxylic acid groups (broad SMARTS) is 1. The SMILES string of the molecule is CCN1CCN(c2ccc3[nH]c(C(=O)O)cc3c2)CC1. The number of carboxylic acids is 1. The van der Waals surface area contributed by atoms with E-state index in [1.165, 1.54) is 5.69 Å². The van der Waals surface area contributed by atoms with Crippen LogP contribution in [0.5, 0.6) is 0 Å². The summed E-state index contributed by atoms with van der Waals surface area (Å²) in [5.74, 6) is -0.917. The molecule has 2 aromatic rings. The molecule has 0 spiro atoms. The molecule has 5 heteroatoms. The van der Waals surface area contributed by atoms with Crippen LogP contribution in [0.15, 0.2) is 24.3 Å². The van der Waals surface area contributed by atoms with E-state index >= 15 is 0 Å². The largest absolute Gasteiger partial charge is 0.477 e. The quantitative estimate of drug-likeness (QED) is 0.898. The van der Waals surface area contributed by atoms with Crippen LogP contribution in [0.4, 0.5) is 5.69 Å². The molecule has 0 aliphatic carbocycles. The highest BCUT2D eigenvalue weighted by molar-refractivity contribution is 5.94. The molecule has 0 unspecified atom stereocenters. The first-order valence-corrected chi connectivity index (χ1v) is 7.00. The smallest absolute Gasteiger partial charge is 0.352 e. The minimum absolute atomic E-state index is 0.243. The van der Waals surface area contributed by atoms with E-state index in [-0.39, 0.29) is 5.69 Å². The number of hydrogen-bond donors (Lipinski definition) is 2. The molecule has 0 amide bonds. The van der Waals surface area contributed by atoms with E-state index in [2.05, 4.69) is 33.8 Å². The number of aromatic nitrogens is 1. The molecule has 1 aliphatic heterocycles. The van der Waals surface area contributed by atoms with Crippen molar-refractivity contribution in [1.82, 2.24) is 9.88 Å². The van der Waals surface area contributed by atoms with Crippen LogP contribution in [0.1, 0.15) is 17.4 Å². The number of rotatable bonds is 3. The summed E-state index contributed by atoms with van der Waals surface area (Å²) in [6, 6.07) is 7.79. The fourth-order valence-electron chi connectivity index (χ4n) is 2.75. The Hall–Kier alpha value is -2.01. The van der Waals surface area contributed by atoms with Crippen LogP contribution in [0.2, 0.25) is 0 Å². The maximum Gasteiger partial charge on any atom is 0.352 e. The van der Waals surface area contributed by atoms with E-state index in [1.807, 2.05) is 6.07 Å². The van der Waals surface area contributed by atoms with E-state index in [0.29, 0.717) is 0 Å². The Morgan fingerprint density at radius 2 is 2.00 bits per heavy atom. The van der Waals surface area contributed by atoms with Crippen molar-refractivity contribution in [2.45, 2.75) is 6.92 Å². The summed E-state index contributed by atoms with van der Waals surface area (Å²) in [6.07, 6.45) is 0. The lowest BCUT2D eigenvalue weighted by atomic mass is 10.2. The van der Waals surface area contributed by atoms with Crippen molar-refractivity contribution in [2.75, 3.05) is 37.6 Å². The number of nitrogens with zero attached hydrogens (tertiary/aromatic N) is 2. The van der Waals surface area contributed by atoms with Gasteiger partial charge in [0.1, 0.15) is 5.69 Å². The lowest BCUT2D eigenvalue weighted by Crippen LogP contribution is -2.46. The molecule has 1 fully saturated rings. The molecular formula is C15H19N3O2. The molecule has 20 heavy (non-hydrogen) atoms. The molecule has 1 saturated heterocycles. The minimum atomic E-state index is -0.917. The normalized spacial score (nSPS) is 16.8. The third kappa shape index (κ3) is 2.36. The summed E-state index contributed by atoms with van der Waals surface area (Å²) in [5.41, 5.74) is 2.29. The molecular weight excluding hydrogens is 254 g/mol.